The number of rotatable bonds is 0. The van der Waals surface area contributed by atoms with E-state index >= 15 is 0 Å². The summed E-state index contributed by atoms with van der Waals surface area (Å²) in [6, 6.07) is -0.321. The Hall–Kier alpha value is -0.890. The highest BCUT2D eigenvalue weighted by Gasteiger charge is 2.61. The fraction of sp³-hybridized carbons (Fsp3) is 0.750. The van der Waals surface area contributed by atoms with Gasteiger partial charge in [0.15, 0.2) is 5.78 Å². The van der Waals surface area contributed by atoms with E-state index in [0.717, 1.165) is 12.8 Å². The molecule has 0 bridgehead atoms. The highest BCUT2D eigenvalue weighted by Crippen LogP contribution is 2.65. The average molecular weight is 305 g/mol. The van der Waals surface area contributed by atoms with E-state index in [4.69, 9.17) is 6.85 Å². The van der Waals surface area contributed by atoms with Crippen molar-refractivity contribution in [1.29, 1.82) is 0 Å². The van der Waals surface area contributed by atoms with Gasteiger partial charge in [-0.1, -0.05) is 26.0 Å². The van der Waals surface area contributed by atoms with Gasteiger partial charge in [-0.25, -0.2) is 0 Å². The number of hydrogen-bond acceptors (Lipinski definition) is 2. The maximum absolute atomic E-state index is 12.4. The van der Waals surface area contributed by atoms with Gasteiger partial charge < -0.3 is 5.11 Å². The second-order valence-electron chi connectivity index (χ2n) is 8.38. The Morgan fingerprint density at radius 3 is 2.73 bits per heavy atom. The second-order valence-corrected chi connectivity index (χ2v) is 8.38. The van der Waals surface area contributed by atoms with Crippen molar-refractivity contribution in [3.8, 4) is 0 Å². The molecule has 4 aliphatic carbocycles. The molecule has 2 saturated carbocycles. The molecule has 22 heavy (non-hydrogen) atoms. The van der Waals surface area contributed by atoms with Crippen molar-refractivity contribution in [1.82, 2.24) is 0 Å². The standard InChI is InChI=1S/C20H28O2/c1-18-9-6-14(21)12-13(18)4-5-15-16(18)7-10-19(2)17(15)8-11-20(19,3)22/h4-5,12,15-17,22H,6-11H2,1-3H3/t15-,16+,17+,18+,19+,20-/m1/s1/i4D,5D,6D2,12D. The van der Waals surface area contributed by atoms with E-state index in [1.165, 1.54) is 0 Å². The van der Waals surface area contributed by atoms with Crippen molar-refractivity contribution >= 4 is 5.78 Å². The first-order valence-electron chi connectivity index (χ1n) is 10.9. The van der Waals surface area contributed by atoms with E-state index in [-0.39, 0.29) is 47.3 Å². The molecule has 4 aliphatic rings. The molecule has 0 aromatic carbocycles. The first kappa shape index (κ1) is 10.1. The number of allylic oxidation sites excluding steroid dienone is 4. The minimum Gasteiger partial charge on any atom is -0.390 e. The van der Waals surface area contributed by atoms with Gasteiger partial charge in [0.05, 0.1) is 9.71 Å². The summed E-state index contributed by atoms with van der Waals surface area (Å²) in [5, 5.41) is 11.0. The van der Waals surface area contributed by atoms with E-state index in [9.17, 15) is 9.90 Å². The fourth-order valence-corrected chi connectivity index (χ4v) is 5.60. The minimum absolute atomic E-state index is 0.0345. The van der Waals surface area contributed by atoms with Gasteiger partial charge in [0.1, 0.15) is 0 Å². The van der Waals surface area contributed by atoms with Crippen LogP contribution in [0.15, 0.2) is 23.7 Å². The molecule has 0 aromatic rings. The van der Waals surface area contributed by atoms with Crippen LogP contribution in [0.2, 0.25) is 0 Å². The van der Waals surface area contributed by atoms with Crippen LogP contribution in [-0.2, 0) is 4.79 Å². The third-order valence-electron chi connectivity index (χ3n) is 7.44. The predicted molar refractivity (Wildman–Crippen MR) is 87.2 cm³/mol. The Labute approximate surface area is 140 Å². The van der Waals surface area contributed by atoms with Crippen LogP contribution in [0.4, 0.5) is 0 Å². The molecule has 6 atom stereocenters. The second kappa shape index (κ2) is 4.35. The van der Waals surface area contributed by atoms with Crippen molar-refractivity contribution in [2.75, 3.05) is 0 Å². The lowest BCUT2D eigenvalue weighted by atomic mass is 9.48. The maximum Gasteiger partial charge on any atom is 0.156 e. The van der Waals surface area contributed by atoms with E-state index in [1.54, 1.807) is 0 Å². The molecule has 120 valence electrons. The first-order chi connectivity index (χ1) is 12.3. The lowest BCUT2D eigenvalue weighted by Crippen LogP contribution is -2.52. The number of fused-ring (bicyclic) bond motifs is 5. The molecule has 0 unspecified atom stereocenters. The maximum atomic E-state index is 12.4. The third-order valence-corrected chi connectivity index (χ3v) is 7.44. The molecular weight excluding hydrogens is 272 g/mol. The Bertz CT molecular complexity index is 798. The smallest absolute Gasteiger partial charge is 0.156 e. The minimum atomic E-state index is -2.11. The molecule has 0 aliphatic heterocycles. The third kappa shape index (κ3) is 1.68. The van der Waals surface area contributed by atoms with Crippen molar-refractivity contribution in [2.45, 2.75) is 64.8 Å². The van der Waals surface area contributed by atoms with Crippen molar-refractivity contribution in [3.05, 3.63) is 23.7 Å². The van der Waals surface area contributed by atoms with Crippen LogP contribution in [0.5, 0.6) is 0 Å². The summed E-state index contributed by atoms with van der Waals surface area (Å²) in [6.07, 6.45) is 0.796. The monoisotopic (exact) mass is 305 g/mol. The van der Waals surface area contributed by atoms with Crippen molar-refractivity contribution < 1.29 is 16.8 Å². The molecule has 2 heteroatoms. The zero-order valence-electron chi connectivity index (χ0n) is 18.6. The Morgan fingerprint density at radius 2 is 1.95 bits per heavy atom. The summed E-state index contributed by atoms with van der Waals surface area (Å²) in [5.41, 5.74) is -1.66. The molecule has 0 radical (unpaired) electrons. The largest absolute Gasteiger partial charge is 0.390 e. The summed E-state index contributed by atoms with van der Waals surface area (Å²) in [7, 11) is 0. The highest BCUT2D eigenvalue weighted by atomic mass is 16.3. The molecule has 0 heterocycles. The zero-order chi connectivity index (χ0) is 20.2. The van der Waals surface area contributed by atoms with Gasteiger partial charge in [0, 0.05) is 9.11 Å². The summed E-state index contributed by atoms with van der Waals surface area (Å²) in [4.78, 5) is 12.4. The van der Waals surface area contributed by atoms with Gasteiger partial charge >= 0.3 is 0 Å². The van der Waals surface area contributed by atoms with Crippen LogP contribution >= 0.6 is 0 Å². The first-order valence-corrected chi connectivity index (χ1v) is 8.44. The zero-order valence-corrected chi connectivity index (χ0v) is 13.6. The fourth-order valence-electron chi connectivity index (χ4n) is 5.60. The molecule has 0 amide bonds. The van der Waals surface area contributed by atoms with Crippen LogP contribution < -0.4 is 0 Å². The number of hydrogen-bond donors (Lipinski definition) is 1. The Kier molecular flexibility index (Phi) is 1.99. The van der Waals surface area contributed by atoms with Crippen molar-refractivity contribution in [2.24, 2.45) is 28.6 Å². The molecule has 2 fully saturated rings. The highest BCUT2D eigenvalue weighted by molar-refractivity contribution is 5.92. The van der Waals surface area contributed by atoms with Crippen LogP contribution in [0, 0.1) is 28.6 Å². The molecule has 4 rings (SSSR count). The van der Waals surface area contributed by atoms with Gasteiger partial charge in [-0.2, -0.15) is 0 Å². The van der Waals surface area contributed by atoms with Crippen LogP contribution in [0.25, 0.3) is 0 Å². The normalized spacial score (nSPS) is 60.5. The molecule has 0 spiro atoms. The quantitative estimate of drug-likeness (QED) is 0.733. The van der Waals surface area contributed by atoms with E-state index in [1.807, 2.05) is 13.8 Å². The summed E-state index contributed by atoms with van der Waals surface area (Å²) in [6.45, 7) is 5.85. The summed E-state index contributed by atoms with van der Waals surface area (Å²) < 4.78 is 41.9. The van der Waals surface area contributed by atoms with E-state index < -0.39 is 29.2 Å². The van der Waals surface area contributed by atoms with Gasteiger partial charge in [0.25, 0.3) is 0 Å². The molecule has 0 aromatic heterocycles. The van der Waals surface area contributed by atoms with Gasteiger partial charge in [-0.3, -0.25) is 4.79 Å². The Balaban J connectivity index is 1.92. The van der Waals surface area contributed by atoms with Crippen LogP contribution in [-0.4, -0.2) is 16.5 Å². The van der Waals surface area contributed by atoms with Gasteiger partial charge in [-0.05, 0) is 79.2 Å². The predicted octanol–water partition coefficient (Wildman–Crippen LogP) is 4.05. The number of aliphatic hydroxyl groups is 1. The summed E-state index contributed by atoms with van der Waals surface area (Å²) >= 11 is 0. The molecule has 0 saturated heterocycles. The Morgan fingerprint density at radius 1 is 1.23 bits per heavy atom. The van der Waals surface area contributed by atoms with E-state index in [2.05, 4.69) is 6.92 Å². The lowest BCUT2D eigenvalue weighted by Gasteiger charge is -2.56. The molecular formula is C20H28O2. The van der Waals surface area contributed by atoms with E-state index in [0.29, 0.717) is 12.8 Å². The van der Waals surface area contributed by atoms with Crippen LogP contribution in [0.1, 0.15) is 66.1 Å². The van der Waals surface area contributed by atoms with Crippen molar-refractivity contribution in [3.63, 3.8) is 0 Å². The molecule has 2 nitrogen and oxygen atoms in total. The van der Waals surface area contributed by atoms with Gasteiger partial charge in [0.2, 0.25) is 0 Å². The topological polar surface area (TPSA) is 37.3 Å². The molecule has 1 N–H and O–H groups in total. The number of carbonyl (C=O) groups excluding carboxylic acids is 1. The number of carbonyl (C=O) groups is 1. The number of ketones is 1. The lowest BCUT2D eigenvalue weighted by molar-refractivity contribution is -0.118. The SMILES string of the molecule is [2H]C1=C([2H])[C@@H]2[C@H](CC[C@@]3(C)[C@H]2CC[C@@]3(C)O)[C@@]2(C)CC([2H])([2H])C(=O)C([2H])=C12. The summed E-state index contributed by atoms with van der Waals surface area (Å²) in [5.74, 6) is -1.11. The van der Waals surface area contributed by atoms with Crippen LogP contribution in [0.3, 0.4) is 0 Å². The average Bonchev–Trinajstić information content (AvgIpc) is 2.80. The van der Waals surface area contributed by atoms with Gasteiger partial charge in [-0.15, -0.1) is 0 Å².